The van der Waals surface area contributed by atoms with Crippen LogP contribution in [0.15, 0.2) is 122 Å². The Morgan fingerprint density at radius 2 is 0.652 bits per heavy atom. The number of nitrogens with zero attached hydrogens (tertiary/aromatic N) is 1. The first-order valence-corrected chi connectivity index (χ1v) is 40.4. The van der Waals surface area contributed by atoms with E-state index in [4.69, 9.17) is 9.05 Å². The Bertz CT molecular complexity index is 1920. The van der Waals surface area contributed by atoms with Gasteiger partial charge in [0, 0.05) is 6.42 Å². The summed E-state index contributed by atoms with van der Waals surface area (Å²) in [5.74, 6) is -0.149. The summed E-state index contributed by atoms with van der Waals surface area (Å²) < 4.78 is 23.9. The Hall–Kier alpha value is -3.10. The van der Waals surface area contributed by atoms with Crippen LogP contribution in [0.4, 0.5) is 0 Å². The molecular weight excluding hydrogens is 1150 g/mol. The Kier molecular flexibility index (Phi) is 69.7. The summed E-state index contributed by atoms with van der Waals surface area (Å²) in [5.41, 5.74) is 0. The van der Waals surface area contributed by atoms with Crippen molar-refractivity contribution in [2.45, 2.75) is 360 Å². The first-order chi connectivity index (χ1) is 45.0. The SMILES string of the molecule is CC/C=C\C/C=C\C/C=C\C/C=C\C/C=C\C/C=C\C/C=C\C/C=C\C/C=C\C/C=C\CCCCCCCCCCCCC(=O)NC(COP(=O)(O)OCC[N+](C)(C)C)C(O)CCCCCCCCCCCCCCCCCCCCCCCCCCCCCCC. The third kappa shape index (κ3) is 74.3. The van der Waals surface area contributed by atoms with Crippen molar-refractivity contribution in [2.24, 2.45) is 0 Å². The molecule has 0 radical (unpaired) electrons. The molecule has 0 aliphatic carbocycles. The van der Waals surface area contributed by atoms with Gasteiger partial charge in [0.05, 0.1) is 39.9 Å². The van der Waals surface area contributed by atoms with E-state index in [1.54, 1.807) is 0 Å². The molecule has 92 heavy (non-hydrogen) atoms. The molecule has 1 amide bonds. The zero-order valence-corrected chi connectivity index (χ0v) is 61.9. The van der Waals surface area contributed by atoms with Crippen molar-refractivity contribution in [3.63, 3.8) is 0 Å². The first-order valence-electron chi connectivity index (χ1n) is 38.9. The van der Waals surface area contributed by atoms with Crippen molar-refractivity contribution >= 4 is 13.7 Å². The summed E-state index contributed by atoms with van der Waals surface area (Å²) in [6, 6.07) is -0.773. The molecule has 3 N–H and O–H groups in total. The maximum absolute atomic E-state index is 13.1. The summed E-state index contributed by atoms with van der Waals surface area (Å²) in [4.78, 5) is 23.5. The van der Waals surface area contributed by atoms with Gasteiger partial charge in [0.1, 0.15) is 13.2 Å². The molecule has 0 aliphatic heterocycles. The van der Waals surface area contributed by atoms with Crippen molar-refractivity contribution in [3.05, 3.63) is 122 Å². The lowest BCUT2D eigenvalue weighted by molar-refractivity contribution is -0.870. The van der Waals surface area contributed by atoms with E-state index < -0.39 is 20.0 Å². The minimum Gasteiger partial charge on any atom is -0.391 e. The molecule has 0 aliphatic rings. The number of allylic oxidation sites excluding steroid dienone is 20. The van der Waals surface area contributed by atoms with E-state index >= 15 is 0 Å². The number of hydrogen-bond acceptors (Lipinski definition) is 5. The summed E-state index contributed by atoms with van der Waals surface area (Å²) in [7, 11) is 1.61. The highest BCUT2D eigenvalue weighted by molar-refractivity contribution is 7.47. The average molecular weight is 1300 g/mol. The number of phosphoric acid groups is 1. The van der Waals surface area contributed by atoms with Crippen LogP contribution < -0.4 is 5.32 Å². The van der Waals surface area contributed by atoms with E-state index in [0.717, 1.165) is 109 Å². The van der Waals surface area contributed by atoms with Gasteiger partial charge in [-0.3, -0.25) is 13.8 Å². The number of quaternary nitrogens is 1. The van der Waals surface area contributed by atoms with Crippen molar-refractivity contribution in [1.29, 1.82) is 0 Å². The van der Waals surface area contributed by atoms with Gasteiger partial charge in [0.2, 0.25) is 5.91 Å². The van der Waals surface area contributed by atoms with E-state index in [1.165, 1.54) is 212 Å². The third-order valence-corrected chi connectivity index (χ3v) is 18.2. The van der Waals surface area contributed by atoms with Crippen LogP contribution in [0.2, 0.25) is 0 Å². The monoisotopic (exact) mass is 1300 g/mol. The number of amides is 1. The van der Waals surface area contributed by atoms with Gasteiger partial charge in [0.15, 0.2) is 0 Å². The molecule has 0 rings (SSSR count). The molecular formula is C83H150N2O6P+. The number of aliphatic hydroxyl groups is 1. The smallest absolute Gasteiger partial charge is 0.391 e. The van der Waals surface area contributed by atoms with Crippen molar-refractivity contribution < 1.29 is 32.9 Å². The van der Waals surface area contributed by atoms with E-state index in [-0.39, 0.29) is 19.1 Å². The molecule has 0 aromatic rings. The lowest BCUT2D eigenvalue weighted by Crippen LogP contribution is -2.46. The van der Waals surface area contributed by atoms with Crippen LogP contribution in [0.1, 0.15) is 348 Å². The van der Waals surface area contributed by atoms with Gasteiger partial charge in [-0.1, -0.05) is 373 Å². The summed E-state index contributed by atoms with van der Waals surface area (Å²) in [6.45, 7) is 4.80. The number of carbonyl (C=O) groups excluding carboxylic acids is 1. The van der Waals surface area contributed by atoms with Crippen molar-refractivity contribution in [2.75, 3.05) is 40.9 Å². The Morgan fingerprint density at radius 1 is 0.380 bits per heavy atom. The fourth-order valence-corrected chi connectivity index (χ4v) is 12.0. The number of rotatable bonds is 71. The van der Waals surface area contributed by atoms with Crippen LogP contribution in [-0.4, -0.2) is 73.4 Å². The zero-order valence-electron chi connectivity index (χ0n) is 61.0. The Balaban J connectivity index is 4.04. The number of unbranched alkanes of at least 4 members (excludes halogenated alkanes) is 38. The molecule has 0 aromatic heterocycles. The van der Waals surface area contributed by atoms with Gasteiger partial charge in [-0.25, -0.2) is 4.57 Å². The Morgan fingerprint density at radius 3 is 0.957 bits per heavy atom. The highest BCUT2D eigenvalue weighted by Crippen LogP contribution is 2.43. The molecule has 0 saturated heterocycles. The van der Waals surface area contributed by atoms with E-state index in [2.05, 4.69) is 141 Å². The number of phosphoric ester groups is 1. The number of aliphatic hydroxyl groups excluding tert-OH is 1. The van der Waals surface area contributed by atoms with Crippen molar-refractivity contribution in [3.8, 4) is 0 Å². The van der Waals surface area contributed by atoms with Crippen LogP contribution in [0.5, 0.6) is 0 Å². The lowest BCUT2D eigenvalue weighted by Gasteiger charge is -2.26. The molecule has 9 heteroatoms. The molecule has 0 saturated carbocycles. The topological polar surface area (TPSA) is 105 Å². The van der Waals surface area contributed by atoms with Crippen LogP contribution in [0.3, 0.4) is 0 Å². The second-order valence-electron chi connectivity index (χ2n) is 27.4. The molecule has 8 nitrogen and oxygen atoms in total. The fourth-order valence-electron chi connectivity index (χ4n) is 11.3. The Labute approximate surface area is 571 Å². The number of hydrogen-bond donors (Lipinski definition) is 3. The van der Waals surface area contributed by atoms with Gasteiger partial charge >= 0.3 is 7.82 Å². The van der Waals surface area contributed by atoms with Crippen LogP contribution in [0, 0.1) is 0 Å². The maximum atomic E-state index is 13.1. The molecule has 3 unspecified atom stereocenters. The van der Waals surface area contributed by atoms with E-state index in [0.29, 0.717) is 23.9 Å². The second kappa shape index (κ2) is 72.2. The van der Waals surface area contributed by atoms with Gasteiger partial charge in [-0.2, -0.15) is 0 Å². The number of nitrogens with one attached hydrogen (secondary N) is 1. The van der Waals surface area contributed by atoms with Crippen LogP contribution in [-0.2, 0) is 18.4 Å². The molecule has 0 spiro atoms. The molecule has 0 bridgehead atoms. The largest absolute Gasteiger partial charge is 0.472 e. The lowest BCUT2D eigenvalue weighted by atomic mass is 10.0. The van der Waals surface area contributed by atoms with Gasteiger partial charge in [0.25, 0.3) is 0 Å². The predicted octanol–water partition coefficient (Wildman–Crippen LogP) is 25.6. The van der Waals surface area contributed by atoms with E-state index in [1.807, 2.05) is 21.1 Å². The standard InChI is InChI=1S/C83H149N2O6P/c1-6-8-10-12-14-16-18-20-22-24-26-28-30-32-34-36-37-38-39-40-41-42-43-44-45-46-47-49-51-53-55-57-59-61-63-65-67-69-71-73-75-77-83(87)84-81(80-91-92(88,89)90-79-78-85(3,4)5)82(86)76-74-72-70-68-66-64-62-60-58-56-54-52-50-48-35-33-31-29-27-25-23-21-19-17-15-13-11-9-7-2/h8,10,14,16,20,22,26,28,32,34,37-38,40-41,43-44,46-47,51,53,81-82,86H,6-7,9,11-13,15,17-19,21,23-25,27,29-31,33,35-36,39,42,45,48-50,52,54-80H2,1-5H3,(H-,84,87,88,89)/p+1/b10-8-,16-14-,22-20-,28-26-,34-32-,38-37-,41-40-,44-43-,47-46-,53-51-. The normalized spacial score (nSPS) is 14.2. The average Bonchev–Trinajstić information content (AvgIpc) is 2.63. The summed E-state index contributed by atoms with van der Waals surface area (Å²) in [6.07, 6.45) is 108. The molecule has 532 valence electrons. The summed E-state index contributed by atoms with van der Waals surface area (Å²) >= 11 is 0. The van der Waals surface area contributed by atoms with Crippen LogP contribution >= 0.6 is 7.82 Å². The summed E-state index contributed by atoms with van der Waals surface area (Å²) in [5, 5.41) is 14.2. The number of carbonyl (C=O) groups is 1. The highest BCUT2D eigenvalue weighted by Gasteiger charge is 2.28. The van der Waals surface area contributed by atoms with E-state index in [9.17, 15) is 19.4 Å². The third-order valence-electron chi connectivity index (χ3n) is 17.2. The first kappa shape index (κ1) is 88.9. The molecule has 0 heterocycles. The zero-order chi connectivity index (χ0) is 66.9. The quantitative estimate of drug-likeness (QED) is 0.0243. The molecule has 3 atom stereocenters. The number of likely N-dealkylation sites (N-methyl/N-ethyl adjacent to an activating group) is 1. The predicted molar refractivity (Wildman–Crippen MR) is 405 cm³/mol. The molecule has 0 fully saturated rings. The van der Waals surface area contributed by atoms with Gasteiger partial charge < -0.3 is 19.8 Å². The minimum absolute atomic E-state index is 0.0697. The van der Waals surface area contributed by atoms with Gasteiger partial charge in [-0.05, 0) is 89.9 Å². The molecule has 0 aromatic carbocycles. The second-order valence-corrected chi connectivity index (χ2v) is 28.8. The fraction of sp³-hybridized carbons (Fsp3) is 0.747. The highest BCUT2D eigenvalue weighted by atomic mass is 31.2. The van der Waals surface area contributed by atoms with Crippen LogP contribution in [0.25, 0.3) is 0 Å². The van der Waals surface area contributed by atoms with Crippen molar-refractivity contribution in [1.82, 2.24) is 5.32 Å². The maximum Gasteiger partial charge on any atom is 0.472 e. The van der Waals surface area contributed by atoms with Gasteiger partial charge in [-0.15, -0.1) is 0 Å². The minimum atomic E-state index is -4.34.